The molecule has 3 aliphatic rings. The third-order valence-electron chi connectivity index (χ3n) is 3.19. The van der Waals surface area contributed by atoms with Gasteiger partial charge in [-0.15, -0.1) is 0 Å². The summed E-state index contributed by atoms with van der Waals surface area (Å²) in [5.74, 6) is 0. The summed E-state index contributed by atoms with van der Waals surface area (Å²) in [5, 5.41) is 0. The number of hydrogen-bond acceptors (Lipinski definition) is 3. The van der Waals surface area contributed by atoms with E-state index in [2.05, 4.69) is 0 Å². The summed E-state index contributed by atoms with van der Waals surface area (Å²) in [6.07, 6.45) is 0. The summed E-state index contributed by atoms with van der Waals surface area (Å²) >= 11 is 52.9. The molecular weight excluding hydrogens is 537 g/mol. The highest BCUT2D eigenvalue weighted by molar-refractivity contribution is 8.08. The van der Waals surface area contributed by atoms with Crippen LogP contribution in [-0.2, 0) is 14.4 Å². The van der Waals surface area contributed by atoms with Crippen molar-refractivity contribution in [1.82, 2.24) is 0 Å². The Morgan fingerprint density at radius 2 is 0.783 bits per heavy atom. The normalized spacial score (nSPS) is 35.9. The van der Waals surface area contributed by atoms with Gasteiger partial charge in [0.15, 0.2) is 16.6 Å². The Kier molecular flexibility index (Phi) is 6.46. The first-order chi connectivity index (χ1) is 10.1. The van der Waals surface area contributed by atoms with E-state index in [9.17, 15) is 14.4 Å². The highest BCUT2D eigenvalue weighted by Crippen LogP contribution is 2.79. The molecule has 3 saturated heterocycles. The van der Waals surface area contributed by atoms with Gasteiger partial charge in [-0.25, -0.2) is 0 Å². The van der Waals surface area contributed by atoms with Gasteiger partial charge in [0.25, 0.3) is 0 Å². The summed E-state index contributed by atoms with van der Waals surface area (Å²) < 4.78 is -6.40. The first kappa shape index (κ1) is 21.8. The van der Waals surface area contributed by atoms with Crippen molar-refractivity contribution in [2.75, 3.05) is 0 Å². The molecule has 3 nitrogen and oxygen atoms in total. The molecule has 3 atom stereocenters. The first-order valence-electron chi connectivity index (χ1n) is 5.49. The second-order valence-corrected chi connectivity index (χ2v) is 16.2. The Hall–Kier alpha value is 2.48. The monoisotopic (exact) mass is 536 g/mol. The van der Waals surface area contributed by atoms with Gasteiger partial charge in [-0.1, -0.05) is 112 Å². The average molecular weight is 540 g/mol. The molecule has 0 saturated carbocycles. The second-order valence-electron chi connectivity index (χ2n) is 4.63. The predicted octanol–water partition coefficient (Wildman–Crippen LogP) is 5.77. The fraction of sp³-hybridized carbons (Fsp3) is 0.667. The Morgan fingerprint density at radius 1 is 0.565 bits per heavy atom. The minimum absolute atomic E-state index is 0.780. The van der Waals surface area contributed by atoms with Crippen molar-refractivity contribution in [3.8, 4) is 0 Å². The third-order valence-corrected chi connectivity index (χ3v) is 12.9. The fourth-order valence-corrected chi connectivity index (χ4v) is 13.9. The van der Waals surface area contributed by atoms with Crippen LogP contribution in [0.1, 0.15) is 0 Å². The van der Waals surface area contributed by atoms with Crippen LogP contribution in [0.4, 0.5) is 0 Å². The first-order valence-corrected chi connectivity index (χ1v) is 11.8. The van der Waals surface area contributed by atoms with Crippen molar-refractivity contribution < 1.29 is 14.4 Å². The van der Waals surface area contributed by atoms with E-state index in [1.54, 1.807) is 0 Å². The standard InChI is InChI=1S/C9H3Cl9O3P2/c10-7(11,12)1-4(19)23-5(20)2(8(13,14)15)22(1)3(6(23)21)9(16,17)18/h1-3H. The van der Waals surface area contributed by atoms with Crippen LogP contribution in [0.15, 0.2) is 0 Å². The van der Waals surface area contributed by atoms with Gasteiger partial charge < -0.3 is 0 Å². The Labute approximate surface area is 178 Å². The van der Waals surface area contributed by atoms with Crippen LogP contribution in [0.25, 0.3) is 0 Å². The molecule has 3 aliphatic heterocycles. The van der Waals surface area contributed by atoms with Gasteiger partial charge in [0.2, 0.25) is 11.4 Å². The van der Waals surface area contributed by atoms with Crippen LogP contribution < -0.4 is 0 Å². The maximum atomic E-state index is 12.5. The summed E-state index contributed by atoms with van der Waals surface area (Å²) in [7, 11) is -4.75. The molecule has 0 aromatic rings. The molecule has 3 fully saturated rings. The zero-order chi connectivity index (χ0) is 18.1. The maximum Gasteiger partial charge on any atom is 0.204 e. The van der Waals surface area contributed by atoms with Crippen molar-refractivity contribution in [3.05, 3.63) is 0 Å². The molecule has 3 unspecified atom stereocenters. The molecule has 3 heterocycles. The van der Waals surface area contributed by atoms with E-state index in [4.69, 9.17) is 104 Å². The van der Waals surface area contributed by atoms with Crippen LogP contribution in [-0.4, -0.2) is 44.9 Å². The molecule has 3 rings (SSSR count). The van der Waals surface area contributed by atoms with E-state index >= 15 is 0 Å². The molecule has 0 radical (unpaired) electrons. The molecule has 0 aliphatic carbocycles. The van der Waals surface area contributed by atoms with Gasteiger partial charge in [-0.2, -0.15) is 0 Å². The Morgan fingerprint density at radius 3 is 0.957 bits per heavy atom. The van der Waals surface area contributed by atoms with Gasteiger partial charge in [0.05, 0.1) is 17.0 Å². The topological polar surface area (TPSA) is 51.2 Å². The molecule has 130 valence electrons. The number of carbonyl (C=O) groups excluding carboxylic acids is 3. The van der Waals surface area contributed by atoms with Crippen molar-refractivity contribution >= 4 is 137 Å². The highest BCUT2D eigenvalue weighted by Gasteiger charge is 2.72. The van der Waals surface area contributed by atoms with Crippen molar-refractivity contribution in [2.24, 2.45) is 0 Å². The van der Waals surface area contributed by atoms with Crippen LogP contribution in [0, 0.1) is 0 Å². The van der Waals surface area contributed by atoms with Gasteiger partial charge in [0.1, 0.15) is 7.92 Å². The summed E-state index contributed by atoms with van der Waals surface area (Å²) in [5.41, 5.74) is -6.37. The second kappa shape index (κ2) is 6.82. The van der Waals surface area contributed by atoms with E-state index in [1.807, 2.05) is 0 Å². The predicted molar refractivity (Wildman–Crippen MR) is 101 cm³/mol. The van der Waals surface area contributed by atoms with Gasteiger partial charge in [-0.3, -0.25) is 14.4 Å². The lowest BCUT2D eigenvalue weighted by molar-refractivity contribution is -0.117. The Bertz CT molecular complexity index is 497. The number of carbonyl (C=O) groups is 3. The van der Waals surface area contributed by atoms with Crippen LogP contribution in [0.5, 0.6) is 0 Å². The smallest absolute Gasteiger partial charge is 0.204 e. The molecule has 0 spiro atoms. The molecule has 2 bridgehead atoms. The molecule has 0 amide bonds. The molecule has 0 N–H and O–H groups in total. The van der Waals surface area contributed by atoms with Gasteiger partial charge >= 0.3 is 0 Å². The van der Waals surface area contributed by atoms with E-state index in [0.29, 0.717) is 0 Å². The number of hydrogen-bond donors (Lipinski definition) is 0. The summed E-state index contributed by atoms with van der Waals surface area (Å²) in [6, 6.07) is 0. The SMILES string of the molecule is O=C1C(C(Cl)(Cl)Cl)P2C(C(Cl)(Cl)Cl)C(=O)P1C(=O)C2C(Cl)(Cl)Cl. The molecule has 0 aromatic carbocycles. The molecule has 0 aromatic heterocycles. The fourth-order valence-electron chi connectivity index (χ4n) is 2.45. The van der Waals surface area contributed by atoms with E-state index in [1.165, 1.54) is 0 Å². The Balaban J connectivity index is 2.72. The van der Waals surface area contributed by atoms with Gasteiger partial charge in [0, 0.05) is 0 Å². The van der Waals surface area contributed by atoms with Crippen LogP contribution in [0.3, 0.4) is 0 Å². The lowest BCUT2D eigenvalue weighted by atomic mass is 10.4. The molecule has 14 heteroatoms. The van der Waals surface area contributed by atoms with E-state index in [0.717, 1.165) is 0 Å². The number of halogens is 9. The summed E-state index contributed by atoms with van der Waals surface area (Å²) in [6.45, 7) is 0. The van der Waals surface area contributed by atoms with Crippen LogP contribution in [0.2, 0.25) is 0 Å². The zero-order valence-corrected chi connectivity index (χ0v) is 18.8. The third kappa shape index (κ3) is 3.88. The minimum atomic E-state index is -2.56. The van der Waals surface area contributed by atoms with E-state index in [-0.39, 0.29) is 0 Å². The number of rotatable bonds is 0. The van der Waals surface area contributed by atoms with Crippen molar-refractivity contribution in [2.45, 2.75) is 28.4 Å². The zero-order valence-electron chi connectivity index (χ0n) is 10.3. The van der Waals surface area contributed by atoms with E-state index < -0.39 is 60.8 Å². The summed E-state index contributed by atoms with van der Waals surface area (Å²) in [4.78, 5) is 37.5. The number of fused-ring (bicyclic) bond motifs is 3. The largest absolute Gasteiger partial charge is 0.293 e. The van der Waals surface area contributed by atoms with Crippen LogP contribution >= 0.6 is 120 Å². The van der Waals surface area contributed by atoms with Crippen molar-refractivity contribution in [1.29, 1.82) is 0 Å². The quantitative estimate of drug-likeness (QED) is 0.290. The highest BCUT2D eigenvalue weighted by atomic mass is 35.6. The lowest BCUT2D eigenvalue weighted by Crippen LogP contribution is -2.58. The van der Waals surface area contributed by atoms with Crippen molar-refractivity contribution in [3.63, 3.8) is 0 Å². The number of alkyl halides is 9. The average Bonchev–Trinajstić information content (AvgIpc) is 2.21. The molecular formula is C9H3Cl9O3P2. The minimum Gasteiger partial charge on any atom is -0.293 e. The maximum absolute atomic E-state index is 12.5. The molecule has 23 heavy (non-hydrogen) atoms. The lowest BCUT2D eigenvalue weighted by Gasteiger charge is -2.53. The van der Waals surface area contributed by atoms with Gasteiger partial charge in [-0.05, 0) is 0 Å².